The van der Waals surface area contributed by atoms with E-state index < -0.39 is 10.0 Å². The van der Waals surface area contributed by atoms with Gasteiger partial charge in [0.1, 0.15) is 10.6 Å². The minimum Gasteiger partial charge on any atom is -0.495 e. The van der Waals surface area contributed by atoms with Gasteiger partial charge in [0.05, 0.1) is 7.11 Å². The molecule has 0 aromatic heterocycles. The summed E-state index contributed by atoms with van der Waals surface area (Å²) in [4.78, 5) is 0.203. The van der Waals surface area contributed by atoms with Gasteiger partial charge in [-0.05, 0) is 30.5 Å². The Kier molecular flexibility index (Phi) is 6.19. The molecule has 0 unspecified atom stereocenters. The van der Waals surface area contributed by atoms with Crippen LogP contribution < -0.4 is 10.5 Å². The van der Waals surface area contributed by atoms with Crippen molar-refractivity contribution in [1.29, 1.82) is 0 Å². The molecule has 0 heterocycles. The van der Waals surface area contributed by atoms with Gasteiger partial charge in [0.15, 0.2) is 0 Å². The molecule has 0 amide bonds. The monoisotopic (exact) mass is 314 g/mol. The Labute approximate surface area is 128 Å². The Morgan fingerprint density at radius 1 is 1.29 bits per heavy atom. The van der Waals surface area contributed by atoms with Crippen molar-refractivity contribution >= 4 is 10.0 Å². The van der Waals surface area contributed by atoms with Crippen LogP contribution >= 0.6 is 0 Å². The number of ether oxygens (including phenoxy) is 1. The minimum atomic E-state index is -3.60. The van der Waals surface area contributed by atoms with Crippen LogP contribution in [0.4, 0.5) is 0 Å². The largest absolute Gasteiger partial charge is 0.495 e. The molecule has 0 fully saturated rings. The number of nitrogens with two attached hydrogens (primary N) is 1. The maximum Gasteiger partial charge on any atom is 0.246 e. The maximum absolute atomic E-state index is 12.9. The zero-order valence-corrected chi connectivity index (χ0v) is 14.1. The number of hydrogen-bond acceptors (Lipinski definition) is 4. The summed E-state index contributed by atoms with van der Waals surface area (Å²) in [6.07, 6.45) is 0.745. The number of methoxy groups -OCH3 is 1. The first-order valence-corrected chi connectivity index (χ1v) is 8.55. The van der Waals surface area contributed by atoms with E-state index in [-0.39, 0.29) is 10.3 Å². The van der Waals surface area contributed by atoms with Crippen molar-refractivity contribution in [2.75, 3.05) is 26.7 Å². The van der Waals surface area contributed by atoms with Crippen LogP contribution in [0.25, 0.3) is 0 Å². The van der Waals surface area contributed by atoms with Crippen LogP contribution in [-0.2, 0) is 10.0 Å². The van der Waals surface area contributed by atoms with Gasteiger partial charge in [-0.25, -0.2) is 8.42 Å². The van der Waals surface area contributed by atoms with Gasteiger partial charge in [-0.1, -0.05) is 32.9 Å². The summed E-state index contributed by atoms with van der Waals surface area (Å²) < 4.78 is 32.5. The highest BCUT2D eigenvalue weighted by Crippen LogP contribution is 2.28. The topological polar surface area (TPSA) is 72.6 Å². The quantitative estimate of drug-likeness (QED) is 0.797. The highest BCUT2D eigenvalue weighted by atomic mass is 32.2. The molecule has 120 valence electrons. The number of sulfonamides is 1. The van der Waals surface area contributed by atoms with Crippen molar-refractivity contribution in [2.24, 2.45) is 11.1 Å². The van der Waals surface area contributed by atoms with Gasteiger partial charge in [-0.3, -0.25) is 0 Å². The van der Waals surface area contributed by atoms with E-state index in [4.69, 9.17) is 10.5 Å². The molecule has 0 radical (unpaired) electrons. The second kappa shape index (κ2) is 7.24. The summed E-state index contributed by atoms with van der Waals surface area (Å²) >= 11 is 0. The molecule has 1 rings (SSSR count). The lowest BCUT2D eigenvalue weighted by molar-refractivity contribution is 0.265. The molecule has 2 N–H and O–H groups in total. The molecule has 0 saturated heterocycles. The standard InChI is InChI=1S/C15H26N2O3S/c1-5-10-17(12-15(2,3)11-16)21(18,19)14-9-7-6-8-13(14)20-4/h6-9H,5,10-12,16H2,1-4H3. The fourth-order valence-corrected chi connectivity index (χ4v) is 3.92. The molecule has 5 nitrogen and oxygen atoms in total. The molecule has 1 aromatic rings. The van der Waals surface area contributed by atoms with E-state index in [0.717, 1.165) is 6.42 Å². The van der Waals surface area contributed by atoms with Crippen LogP contribution in [0.3, 0.4) is 0 Å². The van der Waals surface area contributed by atoms with Crippen molar-refractivity contribution < 1.29 is 13.2 Å². The maximum atomic E-state index is 12.9. The lowest BCUT2D eigenvalue weighted by Gasteiger charge is -2.31. The van der Waals surface area contributed by atoms with Crippen molar-refractivity contribution in [2.45, 2.75) is 32.1 Å². The Hall–Kier alpha value is -1.11. The predicted molar refractivity (Wildman–Crippen MR) is 84.9 cm³/mol. The van der Waals surface area contributed by atoms with Crippen molar-refractivity contribution in [3.8, 4) is 5.75 Å². The third-order valence-electron chi connectivity index (χ3n) is 3.32. The second-order valence-corrected chi connectivity index (χ2v) is 7.76. The van der Waals surface area contributed by atoms with Crippen molar-refractivity contribution in [3.05, 3.63) is 24.3 Å². The van der Waals surface area contributed by atoms with E-state index in [0.29, 0.717) is 25.4 Å². The first-order valence-electron chi connectivity index (χ1n) is 7.11. The molecule has 0 aliphatic carbocycles. The average Bonchev–Trinajstić information content (AvgIpc) is 2.46. The molecule has 0 aliphatic rings. The first-order chi connectivity index (χ1) is 9.78. The summed E-state index contributed by atoms with van der Waals surface area (Å²) in [7, 11) is -2.12. The van der Waals surface area contributed by atoms with Gasteiger partial charge in [-0.2, -0.15) is 4.31 Å². The summed E-state index contributed by atoms with van der Waals surface area (Å²) in [5.41, 5.74) is 5.47. The van der Waals surface area contributed by atoms with E-state index in [2.05, 4.69) is 0 Å². The van der Waals surface area contributed by atoms with Gasteiger partial charge < -0.3 is 10.5 Å². The fraction of sp³-hybridized carbons (Fsp3) is 0.600. The smallest absolute Gasteiger partial charge is 0.246 e. The number of para-hydroxylation sites is 1. The van der Waals surface area contributed by atoms with Crippen LogP contribution in [0, 0.1) is 5.41 Å². The SMILES string of the molecule is CCCN(CC(C)(C)CN)S(=O)(=O)c1ccccc1OC. The lowest BCUT2D eigenvalue weighted by Crippen LogP contribution is -2.42. The molecule has 0 saturated carbocycles. The molecule has 1 aromatic carbocycles. The molecule has 21 heavy (non-hydrogen) atoms. The van der Waals surface area contributed by atoms with Gasteiger partial charge in [0.2, 0.25) is 10.0 Å². The number of benzene rings is 1. The molecular weight excluding hydrogens is 288 g/mol. The number of rotatable bonds is 8. The summed E-state index contributed by atoms with van der Waals surface area (Å²) in [6.45, 7) is 7.16. The van der Waals surface area contributed by atoms with Crippen LogP contribution in [-0.4, -0.2) is 39.5 Å². The Morgan fingerprint density at radius 3 is 2.43 bits per heavy atom. The molecule has 0 spiro atoms. The summed E-state index contributed by atoms with van der Waals surface area (Å²) in [5.74, 6) is 0.365. The van der Waals surface area contributed by atoms with Crippen LogP contribution in [0.1, 0.15) is 27.2 Å². The molecular formula is C15H26N2O3S. The Morgan fingerprint density at radius 2 is 1.90 bits per heavy atom. The van der Waals surface area contributed by atoms with E-state index >= 15 is 0 Å². The van der Waals surface area contributed by atoms with E-state index in [1.165, 1.54) is 11.4 Å². The van der Waals surface area contributed by atoms with Crippen molar-refractivity contribution in [1.82, 2.24) is 4.31 Å². The van der Waals surface area contributed by atoms with E-state index in [9.17, 15) is 8.42 Å². The summed E-state index contributed by atoms with van der Waals surface area (Å²) in [5, 5.41) is 0. The molecule has 6 heteroatoms. The highest BCUT2D eigenvalue weighted by Gasteiger charge is 2.31. The third-order valence-corrected chi connectivity index (χ3v) is 5.20. The Balaban J connectivity index is 3.22. The van der Waals surface area contributed by atoms with Gasteiger partial charge in [0.25, 0.3) is 0 Å². The molecule has 0 atom stereocenters. The normalized spacial score (nSPS) is 12.7. The number of nitrogens with zero attached hydrogens (tertiary/aromatic N) is 1. The van der Waals surface area contributed by atoms with Crippen molar-refractivity contribution in [3.63, 3.8) is 0 Å². The fourth-order valence-electron chi connectivity index (χ4n) is 2.05. The predicted octanol–water partition coefficient (Wildman–Crippen LogP) is 2.08. The van der Waals surface area contributed by atoms with Crippen LogP contribution in [0.5, 0.6) is 5.75 Å². The van der Waals surface area contributed by atoms with E-state index in [1.54, 1.807) is 24.3 Å². The molecule has 0 aliphatic heterocycles. The first kappa shape index (κ1) is 17.9. The third kappa shape index (κ3) is 4.43. The van der Waals surface area contributed by atoms with Crippen LogP contribution in [0.15, 0.2) is 29.2 Å². The average molecular weight is 314 g/mol. The second-order valence-electron chi connectivity index (χ2n) is 5.86. The van der Waals surface area contributed by atoms with Crippen LogP contribution in [0.2, 0.25) is 0 Å². The summed E-state index contributed by atoms with van der Waals surface area (Å²) in [6, 6.07) is 6.69. The highest BCUT2D eigenvalue weighted by molar-refractivity contribution is 7.89. The van der Waals surface area contributed by atoms with Gasteiger partial charge in [0, 0.05) is 13.1 Å². The zero-order chi connectivity index (χ0) is 16.1. The zero-order valence-electron chi connectivity index (χ0n) is 13.3. The van der Waals surface area contributed by atoms with Gasteiger partial charge in [-0.15, -0.1) is 0 Å². The van der Waals surface area contributed by atoms with E-state index in [1.807, 2.05) is 20.8 Å². The molecule has 0 bridgehead atoms. The lowest BCUT2D eigenvalue weighted by atomic mass is 9.94. The number of hydrogen-bond donors (Lipinski definition) is 1. The van der Waals surface area contributed by atoms with Gasteiger partial charge >= 0.3 is 0 Å². The Bertz CT molecular complexity index is 556. The minimum absolute atomic E-state index is 0.203.